The molecule has 0 aliphatic carbocycles. The van der Waals surface area contributed by atoms with E-state index >= 15 is 0 Å². The van der Waals surface area contributed by atoms with Crippen LogP contribution < -0.4 is 4.90 Å². The van der Waals surface area contributed by atoms with E-state index in [-0.39, 0.29) is 11.2 Å². The fourth-order valence-electron chi connectivity index (χ4n) is 3.95. The average molecular weight is 466 g/mol. The second kappa shape index (κ2) is 10.9. The van der Waals surface area contributed by atoms with Crippen LogP contribution in [0.5, 0.6) is 0 Å². The highest BCUT2D eigenvalue weighted by molar-refractivity contribution is 8.00. The number of amides is 1. The zero-order valence-corrected chi connectivity index (χ0v) is 20.3. The maximum Gasteiger partial charge on any atom is 0.236 e. The highest BCUT2D eigenvalue weighted by Crippen LogP contribution is 2.31. The van der Waals surface area contributed by atoms with E-state index in [4.69, 9.17) is 4.74 Å². The fourth-order valence-corrected chi connectivity index (χ4v) is 4.89. The number of carbonyl (C=O) groups excluding carboxylic acids is 1. The molecule has 8 heteroatoms. The van der Waals surface area contributed by atoms with Gasteiger partial charge in [-0.25, -0.2) is 0 Å². The predicted octanol–water partition coefficient (Wildman–Crippen LogP) is 3.94. The number of aryl methyl sites for hydroxylation is 1. The smallest absolute Gasteiger partial charge is 0.236 e. The quantitative estimate of drug-likeness (QED) is 0.470. The number of aromatic nitrogens is 3. The summed E-state index contributed by atoms with van der Waals surface area (Å²) in [7, 11) is 0. The lowest BCUT2D eigenvalue weighted by molar-refractivity contribution is -0.130. The Kier molecular flexibility index (Phi) is 7.67. The first-order valence-electron chi connectivity index (χ1n) is 11.4. The van der Waals surface area contributed by atoms with Gasteiger partial charge in [0, 0.05) is 26.2 Å². The average Bonchev–Trinajstić information content (AvgIpc) is 3.26. The van der Waals surface area contributed by atoms with E-state index in [9.17, 15) is 4.79 Å². The number of rotatable bonds is 8. The number of para-hydroxylation sites is 1. The van der Waals surface area contributed by atoms with Crippen LogP contribution in [0.3, 0.4) is 0 Å². The molecule has 1 aromatic heterocycles. The summed E-state index contributed by atoms with van der Waals surface area (Å²) in [5, 5.41) is 9.49. The molecule has 2 heterocycles. The Morgan fingerprint density at radius 3 is 2.48 bits per heavy atom. The van der Waals surface area contributed by atoms with Gasteiger partial charge in [-0.05, 0) is 38.0 Å². The van der Waals surface area contributed by atoms with Crippen molar-refractivity contribution in [3.05, 3.63) is 65.7 Å². The molecule has 3 aromatic rings. The van der Waals surface area contributed by atoms with Gasteiger partial charge < -0.3 is 14.5 Å². The summed E-state index contributed by atoms with van der Waals surface area (Å²) in [5.74, 6) is 0.894. The van der Waals surface area contributed by atoms with E-state index in [2.05, 4.69) is 50.9 Å². The van der Waals surface area contributed by atoms with Gasteiger partial charge in [0.25, 0.3) is 0 Å². The normalized spacial score (nSPS) is 14.8. The van der Waals surface area contributed by atoms with Gasteiger partial charge in [-0.3, -0.25) is 9.36 Å². The van der Waals surface area contributed by atoms with Gasteiger partial charge in [-0.2, -0.15) is 0 Å². The number of ether oxygens (including phenoxy) is 1. The lowest BCUT2D eigenvalue weighted by Crippen LogP contribution is -2.38. The van der Waals surface area contributed by atoms with Crippen molar-refractivity contribution in [2.45, 2.75) is 37.7 Å². The maximum absolute atomic E-state index is 13.3. The summed E-state index contributed by atoms with van der Waals surface area (Å²) < 4.78 is 7.61. The molecule has 0 bridgehead atoms. The maximum atomic E-state index is 13.3. The third-order valence-corrected chi connectivity index (χ3v) is 6.84. The van der Waals surface area contributed by atoms with Crippen LogP contribution in [-0.4, -0.2) is 63.7 Å². The van der Waals surface area contributed by atoms with Crippen LogP contribution in [0.25, 0.3) is 5.69 Å². The van der Waals surface area contributed by atoms with Crippen LogP contribution in [-0.2, 0) is 16.1 Å². The van der Waals surface area contributed by atoms with Crippen LogP contribution in [0.4, 0.5) is 5.95 Å². The zero-order chi connectivity index (χ0) is 23.2. The molecular weight excluding hydrogens is 434 g/mol. The van der Waals surface area contributed by atoms with E-state index in [1.165, 1.54) is 11.8 Å². The Morgan fingerprint density at radius 2 is 1.79 bits per heavy atom. The summed E-state index contributed by atoms with van der Waals surface area (Å²) in [6.07, 6.45) is 0. The Morgan fingerprint density at radius 1 is 1.09 bits per heavy atom. The van der Waals surface area contributed by atoms with Crippen LogP contribution in [0.2, 0.25) is 0 Å². The summed E-state index contributed by atoms with van der Waals surface area (Å²) in [4.78, 5) is 17.4. The molecule has 1 aliphatic heterocycles. The van der Waals surface area contributed by atoms with Crippen molar-refractivity contribution >= 4 is 23.6 Å². The fraction of sp³-hybridized carbons (Fsp3) is 0.400. The molecule has 1 fully saturated rings. The minimum Gasteiger partial charge on any atom is -0.378 e. The van der Waals surface area contributed by atoms with Crippen molar-refractivity contribution in [1.29, 1.82) is 0 Å². The van der Waals surface area contributed by atoms with Crippen LogP contribution in [0.1, 0.15) is 25.0 Å². The van der Waals surface area contributed by atoms with E-state index in [1.54, 1.807) is 0 Å². The molecule has 1 aliphatic rings. The molecule has 0 saturated carbocycles. The minimum absolute atomic E-state index is 0.0959. The number of anilines is 1. The number of thioether (sulfide) groups is 1. The van der Waals surface area contributed by atoms with E-state index in [0.717, 1.165) is 41.0 Å². The summed E-state index contributed by atoms with van der Waals surface area (Å²) in [6, 6.07) is 18.3. The van der Waals surface area contributed by atoms with Gasteiger partial charge in [0.05, 0.1) is 24.2 Å². The molecule has 0 N–H and O–H groups in total. The second-order valence-corrected chi connectivity index (χ2v) is 9.41. The summed E-state index contributed by atoms with van der Waals surface area (Å²) in [6.45, 7) is 10.2. The third-order valence-electron chi connectivity index (χ3n) is 5.81. The first-order chi connectivity index (χ1) is 16.1. The van der Waals surface area contributed by atoms with Gasteiger partial charge in [0.2, 0.25) is 11.9 Å². The van der Waals surface area contributed by atoms with E-state index in [1.807, 2.05) is 49.1 Å². The lowest BCUT2D eigenvalue weighted by Gasteiger charge is -2.28. The number of benzene rings is 2. The van der Waals surface area contributed by atoms with E-state index in [0.29, 0.717) is 26.3 Å². The topological polar surface area (TPSA) is 63.5 Å². The molecule has 4 rings (SSSR count). The van der Waals surface area contributed by atoms with Crippen molar-refractivity contribution in [2.24, 2.45) is 0 Å². The molecular formula is C25H31N5O2S. The molecule has 1 saturated heterocycles. The van der Waals surface area contributed by atoms with E-state index < -0.39 is 0 Å². The van der Waals surface area contributed by atoms with Gasteiger partial charge >= 0.3 is 0 Å². The van der Waals surface area contributed by atoms with Crippen LogP contribution in [0.15, 0.2) is 59.8 Å². The molecule has 1 unspecified atom stereocenters. The molecule has 0 spiro atoms. The summed E-state index contributed by atoms with van der Waals surface area (Å²) >= 11 is 1.46. The SMILES string of the molecule is CCN(Cc1ccccc1)C(=O)C(C)Sc1nnc(N2CCOCC2)n1-c1ccccc1C. The van der Waals surface area contributed by atoms with Crippen molar-refractivity contribution in [1.82, 2.24) is 19.7 Å². The van der Waals surface area contributed by atoms with Crippen molar-refractivity contribution in [3.8, 4) is 5.69 Å². The molecule has 1 atom stereocenters. The lowest BCUT2D eigenvalue weighted by atomic mass is 10.2. The zero-order valence-electron chi connectivity index (χ0n) is 19.5. The number of carbonyl (C=O) groups is 1. The van der Waals surface area contributed by atoms with Crippen molar-refractivity contribution in [3.63, 3.8) is 0 Å². The molecule has 7 nitrogen and oxygen atoms in total. The first kappa shape index (κ1) is 23.3. The van der Waals surface area contributed by atoms with Gasteiger partial charge in [-0.15, -0.1) is 10.2 Å². The van der Waals surface area contributed by atoms with Gasteiger partial charge in [0.1, 0.15) is 0 Å². The van der Waals surface area contributed by atoms with Crippen molar-refractivity contribution < 1.29 is 9.53 Å². The summed E-state index contributed by atoms with van der Waals surface area (Å²) in [5.41, 5.74) is 3.29. The van der Waals surface area contributed by atoms with Crippen molar-refractivity contribution in [2.75, 3.05) is 37.7 Å². The monoisotopic (exact) mass is 465 g/mol. The minimum atomic E-state index is -0.293. The highest BCUT2D eigenvalue weighted by atomic mass is 32.2. The molecule has 174 valence electrons. The highest BCUT2D eigenvalue weighted by Gasteiger charge is 2.27. The first-order valence-corrected chi connectivity index (χ1v) is 12.3. The molecule has 33 heavy (non-hydrogen) atoms. The molecule has 2 aromatic carbocycles. The number of morpholine rings is 1. The Bertz CT molecular complexity index is 1070. The standard InChI is InChI=1S/C25H31N5O2S/c1-4-28(18-21-11-6-5-7-12-21)23(31)20(3)33-25-27-26-24(29-14-16-32-17-15-29)30(25)22-13-9-8-10-19(22)2/h5-13,20H,4,14-18H2,1-3H3. The predicted molar refractivity (Wildman–Crippen MR) is 132 cm³/mol. The van der Waals surface area contributed by atoms with Gasteiger partial charge in [0.15, 0.2) is 5.16 Å². The molecule has 0 radical (unpaired) electrons. The Labute approximate surface area is 199 Å². The Hall–Kier alpha value is -2.84. The number of hydrogen-bond acceptors (Lipinski definition) is 6. The number of hydrogen-bond donors (Lipinski definition) is 0. The van der Waals surface area contributed by atoms with Crippen LogP contribution in [0, 0.1) is 6.92 Å². The Balaban J connectivity index is 1.59. The van der Waals surface area contributed by atoms with Crippen LogP contribution >= 0.6 is 11.8 Å². The largest absolute Gasteiger partial charge is 0.378 e. The molecule has 1 amide bonds. The number of nitrogens with zero attached hydrogens (tertiary/aromatic N) is 5. The second-order valence-electron chi connectivity index (χ2n) is 8.10. The third kappa shape index (κ3) is 5.39. The van der Waals surface area contributed by atoms with Gasteiger partial charge in [-0.1, -0.05) is 60.3 Å².